The lowest BCUT2D eigenvalue weighted by atomic mass is 10.1. The molecule has 2 N–H and O–H groups in total. The third-order valence-corrected chi connectivity index (χ3v) is 3.35. The number of para-hydroxylation sites is 2. The molecular weight excluding hydrogens is 250 g/mol. The monoisotopic (exact) mass is 269 g/mol. The second-order valence-electron chi connectivity index (χ2n) is 4.82. The molecule has 104 valence electrons. The molecule has 3 heteroatoms. The topological polar surface area (TPSA) is 49.3 Å². The van der Waals surface area contributed by atoms with Crippen LogP contribution in [0.2, 0.25) is 0 Å². The number of benzene rings is 2. The first kappa shape index (κ1) is 14.1. The smallest absolute Gasteiger partial charge is 0.228 e. The van der Waals surface area contributed by atoms with Gasteiger partial charge in [0.1, 0.15) is 5.75 Å². The van der Waals surface area contributed by atoms with Crippen LogP contribution in [0.25, 0.3) is 0 Å². The Labute approximate surface area is 119 Å². The highest BCUT2D eigenvalue weighted by atomic mass is 16.3. The van der Waals surface area contributed by atoms with Crippen LogP contribution in [0.5, 0.6) is 5.75 Å². The van der Waals surface area contributed by atoms with E-state index in [-0.39, 0.29) is 18.1 Å². The SMILES string of the molecule is CCc1cccc(C)c1NC(=O)Cc1ccccc1O. The van der Waals surface area contributed by atoms with E-state index >= 15 is 0 Å². The molecule has 20 heavy (non-hydrogen) atoms. The number of phenols is 1. The maximum Gasteiger partial charge on any atom is 0.228 e. The first-order chi connectivity index (χ1) is 9.61. The number of nitrogens with one attached hydrogen (secondary N) is 1. The van der Waals surface area contributed by atoms with E-state index in [2.05, 4.69) is 12.2 Å². The van der Waals surface area contributed by atoms with Gasteiger partial charge in [-0.25, -0.2) is 0 Å². The number of hydrogen-bond donors (Lipinski definition) is 2. The summed E-state index contributed by atoms with van der Waals surface area (Å²) in [6, 6.07) is 12.9. The van der Waals surface area contributed by atoms with Gasteiger partial charge in [-0.1, -0.05) is 43.3 Å². The van der Waals surface area contributed by atoms with Crippen LogP contribution in [0.4, 0.5) is 5.69 Å². The van der Waals surface area contributed by atoms with Crippen molar-refractivity contribution in [3.05, 3.63) is 59.2 Å². The van der Waals surface area contributed by atoms with Crippen molar-refractivity contribution in [3.63, 3.8) is 0 Å². The molecule has 0 aliphatic heterocycles. The van der Waals surface area contributed by atoms with Gasteiger partial charge in [0.15, 0.2) is 0 Å². The van der Waals surface area contributed by atoms with E-state index in [1.807, 2.05) is 31.2 Å². The summed E-state index contributed by atoms with van der Waals surface area (Å²) in [5.74, 6) is 0.0404. The van der Waals surface area contributed by atoms with Crippen molar-refractivity contribution in [1.29, 1.82) is 0 Å². The maximum atomic E-state index is 12.1. The lowest BCUT2D eigenvalue weighted by Crippen LogP contribution is -2.16. The van der Waals surface area contributed by atoms with Crippen LogP contribution >= 0.6 is 0 Å². The number of amides is 1. The maximum absolute atomic E-state index is 12.1. The summed E-state index contributed by atoms with van der Waals surface area (Å²) in [5, 5.41) is 12.7. The van der Waals surface area contributed by atoms with Crippen molar-refractivity contribution in [3.8, 4) is 5.75 Å². The number of carbonyl (C=O) groups excluding carboxylic acids is 1. The summed E-state index contributed by atoms with van der Waals surface area (Å²) in [6.45, 7) is 4.04. The van der Waals surface area contributed by atoms with E-state index < -0.39 is 0 Å². The van der Waals surface area contributed by atoms with Crippen LogP contribution in [0, 0.1) is 6.92 Å². The molecule has 0 radical (unpaired) electrons. The fourth-order valence-electron chi connectivity index (χ4n) is 2.22. The van der Waals surface area contributed by atoms with Gasteiger partial charge in [-0.2, -0.15) is 0 Å². The predicted molar refractivity (Wildman–Crippen MR) is 81.0 cm³/mol. The van der Waals surface area contributed by atoms with Crippen LogP contribution in [0.15, 0.2) is 42.5 Å². The molecule has 2 aromatic rings. The zero-order valence-electron chi connectivity index (χ0n) is 11.8. The highest BCUT2D eigenvalue weighted by Crippen LogP contribution is 2.22. The molecule has 0 aromatic heterocycles. The van der Waals surface area contributed by atoms with E-state index in [1.54, 1.807) is 18.2 Å². The van der Waals surface area contributed by atoms with Gasteiger partial charge in [0.25, 0.3) is 0 Å². The van der Waals surface area contributed by atoms with Gasteiger partial charge < -0.3 is 10.4 Å². The lowest BCUT2D eigenvalue weighted by molar-refractivity contribution is -0.115. The molecular formula is C17H19NO2. The number of hydrogen-bond acceptors (Lipinski definition) is 2. The van der Waals surface area contributed by atoms with E-state index in [1.165, 1.54) is 0 Å². The minimum atomic E-state index is -0.115. The summed E-state index contributed by atoms with van der Waals surface area (Å²) in [7, 11) is 0. The van der Waals surface area contributed by atoms with Crippen LogP contribution in [0.1, 0.15) is 23.6 Å². The molecule has 0 fully saturated rings. The van der Waals surface area contributed by atoms with Crippen molar-refractivity contribution >= 4 is 11.6 Å². The van der Waals surface area contributed by atoms with Gasteiger partial charge in [-0.3, -0.25) is 4.79 Å². The van der Waals surface area contributed by atoms with Crippen LogP contribution in [0.3, 0.4) is 0 Å². The fourth-order valence-corrected chi connectivity index (χ4v) is 2.22. The molecule has 0 spiro atoms. The number of aryl methyl sites for hydroxylation is 2. The Kier molecular flexibility index (Phi) is 4.41. The quantitative estimate of drug-likeness (QED) is 0.893. The van der Waals surface area contributed by atoms with Crippen molar-refractivity contribution in [2.75, 3.05) is 5.32 Å². The first-order valence-electron chi connectivity index (χ1n) is 6.77. The van der Waals surface area contributed by atoms with Gasteiger partial charge in [-0.05, 0) is 30.5 Å². The summed E-state index contributed by atoms with van der Waals surface area (Å²) in [4.78, 5) is 12.1. The average molecular weight is 269 g/mol. The predicted octanol–water partition coefficient (Wildman–Crippen LogP) is 3.44. The number of anilines is 1. The van der Waals surface area contributed by atoms with Crippen molar-refractivity contribution < 1.29 is 9.90 Å². The molecule has 0 saturated heterocycles. The molecule has 1 amide bonds. The standard InChI is InChI=1S/C17H19NO2/c1-3-13-9-6-7-12(2)17(13)18-16(20)11-14-8-4-5-10-15(14)19/h4-10,19H,3,11H2,1-2H3,(H,18,20). The Morgan fingerprint density at radius 3 is 2.50 bits per heavy atom. The fraction of sp³-hybridized carbons (Fsp3) is 0.235. The zero-order valence-corrected chi connectivity index (χ0v) is 11.8. The highest BCUT2D eigenvalue weighted by molar-refractivity contribution is 5.94. The van der Waals surface area contributed by atoms with Gasteiger partial charge >= 0.3 is 0 Å². The highest BCUT2D eigenvalue weighted by Gasteiger charge is 2.11. The molecule has 0 unspecified atom stereocenters. The van der Waals surface area contributed by atoms with Crippen molar-refractivity contribution in [1.82, 2.24) is 0 Å². The normalized spacial score (nSPS) is 10.3. The van der Waals surface area contributed by atoms with Crippen LogP contribution in [-0.2, 0) is 17.6 Å². The Morgan fingerprint density at radius 1 is 1.10 bits per heavy atom. The van der Waals surface area contributed by atoms with Gasteiger partial charge in [-0.15, -0.1) is 0 Å². The zero-order chi connectivity index (χ0) is 14.5. The van der Waals surface area contributed by atoms with Crippen molar-refractivity contribution in [2.24, 2.45) is 0 Å². The molecule has 0 bridgehead atoms. The second kappa shape index (κ2) is 6.24. The molecule has 3 nitrogen and oxygen atoms in total. The summed E-state index contributed by atoms with van der Waals surface area (Å²) >= 11 is 0. The van der Waals surface area contributed by atoms with Crippen LogP contribution in [-0.4, -0.2) is 11.0 Å². The van der Waals surface area contributed by atoms with Gasteiger partial charge in [0.05, 0.1) is 6.42 Å². The van der Waals surface area contributed by atoms with Crippen LogP contribution < -0.4 is 5.32 Å². The molecule has 0 saturated carbocycles. The van der Waals surface area contributed by atoms with Gasteiger partial charge in [0, 0.05) is 11.3 Å². The second-order valence-corrected chi connectivity index (χ2v) is 4.82. The Hall–Kier alpha value is -2.29. The number of phenolic OH excluding ortho intramolecular Hbond substituents is 1. The first-order valence-corrected chi connectivity index (χ1v) is 6.77. The van der Waals surface area contributed by atoms with E-state index in [0.717, 1.165) is 23.2 Å². The molecule has 0 aliphatic rings. The minimum absolute atomic E-state index is 0.115. The molecule has 0 heterocycles. The molecule has 2 aromatic carbocycles. The van der Waals surface area contributed by atoms with E-state index in [0.29, 0.717) is 5.56 Å². The molecule has 0 aliphatic carbocycles. The lowest BCUT2D eigenvalue weighted by Gasteiger charge is -2.13. The summed E-state index contributed by atoms with van der Waals surface area (Å²) < 4.78 is 0. The van der Waals surface area contributed by atoms with Crippen molar-refractivity contribution in [2.45, 2.75) is 26.7 Å². The Balaban J connectivity index is 2.15. The third-order valence-electron chi connectivity index (χ3n) is 3.35. The average Bonchev–Trinajstić information content (AvgIpc) is 2.43. The summed E-state index contributed by atoms with van der Waals surface area (Å²) in [6.07, 6.45) is 1.04. The number of aromatic hydroxyl groups is 1. The number of carbonyl (C=O) groups is 1. The molecule has 2 rings (SSSR count). The molecule has 0 atom stereocenters. The number of rotatable bonds is 4. The largest absolute Gasteiger partial charge is 0.508 e. The van der Waals surface area contributed by atoms with Gasteiger partial charge in [0.2, 0.25) is 5.91 Å². The van der Waals surface area contributed by atoms with E-state index in [4.69, 9.17) is 0 Å². The van der Waals surface area contributed by atoms with E-state index in [9.17, 15) is 9.90 Å². The minimum Gasteiger partial charge on any atom is -0.508 e. The summed E-state index contributed by atoms with van der Waals surface area (Å²) in [5.41, 5.74) is 3.69. The third kappa shape index (κ3) is 3.18. The Bertz CT molecular complexity index is 620. The Morgan fingerprint density at radius 2 is 1.80 bits per heavy atom.